The van der Waals surface area contributed by atoms with Crippen molar-refractivity contribution in [3.05, 3.63) is 22.6 Å². The van der Waals surface area contributed by atoms with Gasteiger partial charge in [0.05, 0.1) is 0 Å². The molecule has 0 unspecified atom stereocenters. The molecular formula is C11H18S. The van der Waals surface area contributed by atoms with Crippen molar-refractivity contribution in [1.29, 1.82) is 0 Å². The standard InChI is InChI=1S/C11H18S/c1-3-4-9-12-11-8-6-5-7-10(11)2/h6,8H,3-5,7,9H2,1-2H3. The molecule has 0 spiro atoms. The molecule has 0 aromatic heterocycles. The van der Waals surface area contributed by atoms with Crippen LogP contribution in [0.2, 0.25) is 0 Å². The van der Waals surface area contributed by atoms with Gasteiger partial charge in [-0.1, -0.05) is 31.1 Å². The van der Waals surface area contributed by atoms with Gasteiger partial charge < -0.3 is 0 Å². The lowest BCUT2D eigenvalue weighted by Crippen LogP contribution is -1.89. The van der Waals surface area contributed by atoms with E-state index in [2.05, 4.69) is 26.0 Å². The Hall–Kier alpha value is -0.170. The Morgan fingerprint density at radius 2 is 2.33 bits per heavy atom. The molecule has 0 nitrogen and oxygen atoms in total. The molecule has 0 fully saturated rings. The Bertz CT molecular complexity index is 189. The first kappa shape index (κ1) is 9.91. The molecule has 0 saturated heterocycles. The molecule has 0 bridgehead atoms. The van der Waals surface area contributed by atoms with Crippen LogP contribution in [0.5, 0.6) is 0 Å². The Balaban J connectivity index is 2.34. The predicted octanol–water partition coefficient (Wildman–Crippen LogP) is 4.14. The third kappa shape index (κ3) is 3.06. The maximum atomic E-state index is 2.29. The van der Waals surface area contributed by atoms with Gasteiger partial charge in [-0.2, -0.15) is 0 Å². The molecule has 0 amide bonds. The number of allylic oxidation sites excluding steroid dienone is 3. The third-order valence-electron chi connectivity index (χ3n) is 2.13. The summed E-state index contributed by atoms with van der Waals surface area (Å²) in [7, 11) is 0. The van der Waals surface area contributed by atoms with Gasteiger partial charge >= 0.3 is 0 Å². The first-order chi connectivity index (χ1) is 5.84. The smallest absolute Gasteiger partial charge is 0.00581 e. The van der Waals surface area contributed by atoms with Crippen LogP contribution in [-0.4, -0.2) is 5.75 Å². The number of thioether (sulfide) groups is 1. The maximum absolute atomic E-state index is 2.29. The summed E-state index contributed by atoms with van der Waals surface area (Å²) >= 11 is 2.02. The minimum atomic E-state index is 1.24. The average Bonchev–Trinajstić information content (AvgIpc) is 2.09. The number of rotatable bonds is 4. The fourth-order valence-corrected chi connectivity index (χ4v) is 2.45. The van der Waals surface area contributed by atoms with E-state index >= 15 is 0 Å². The van der Waals surface area contributed by atoms with Crippen molar-refractivity contribution in [1.82, 2.24) is 0 Å². The molecule has 0 radical (unpaired) electrons. The van der Waals surface area contributed by atoms with Crippen molar-refractivity contribution in [2.24, 2.45) is 0 Å². The Kier molecular flexibility index (Phi) is 4.52. The van der Waals surface area contributed by atoms with E-state index in [4.69, 9.17) is 0 Å². The van der Waals surface area contributed by atoms with Crippen LogP contribution in [0.25, 0.3) is 0 Å². The summed E-state index contributed by atoms with van der Waals surface area (Å²) in [5.74, 6) is 1.29. The lowest BCUT2D eigenvalue weighted by molar-refractivity contribution is 0.896. The van der Waals surface area contributed by atoms with E-state index in [1.54, 1.807) is 5.57 Å². The molecule has 0 N–H and O–H groups in total. The molecule has 0 aliphatic heterocycles. The molecular weight excluding hydrogens is 164 g/mol. The third-order valence-corrected chi connectivity index (χ3v) is 3.42. The summed E-state index contributed by atoms with van der Waals surface area (Å²) in [6.45, 7) is 4.51. The van der Waals surface area contributed by atoms with Crippen LogP contribution < -0.4 is 0 Å². The molecule has 0 heterocycles. The van der Waals surface area contributed by atoms with Crippen molar-refractivity contribution >= 4 is 11.8 Å². The summed E-state index contributed by atoms with van der Waals surface area (Å²) in [4.78, 5) is 1.52. The lowest BCUT2D eigenvalue weighted by Gasteiger charge is -2.11. The highest BCUT2D eigenvalue weighted by molar-refractivity contribution is 8.03. The Labute approximate surface area is 80.1 Å². The summed E-state index contributed by atoms with van der Waals surface area (Å²) in [6, 6.07) is 0. The molecule has 1 aliphatic rings. The van der Waals surface area contributed by atoms with Crippen molar-refractivity contribution in [3.63, 3.8) is 0 Å². The van der Waals surface area contributed by atoms with Crippen molar-refractivity contribution in [2.45, 2.75) is 39.5 Å². The van der Waals surface area contributed by atoms with Crippen LogP contribution in [0.4, 0.5) is 0 Å². The van der Waals surface area contributed by atoms with Gasteiger partial charge in [-0.05, 0) is 31.9 Å². The van der Waals surface area contributed by atoms with Gasteiger partial charge in [0.15, 0.2) is 0 Å². The van der Waals surface area contributed by atoms with Crippen LogP contribution in [0.3, 0.4) is 0 Å². The van der Waals surface area contributed by atoms with Gasteiger partial charge in [0.25, 0.3) is 0 Å². The van der Waals surface area contributed by atoms with E-state index in [-0.39, 0.29) is 0 Å². The molecule has 0 saturated carbocycles. The lowest BCUT2D eigenvalue weighted by atomic mass is 10.1. The summed E-state index contributed by atoms with van der Waals surface area (Å²) in [5.41, 5.74) is 1.58. The molecule has 0 aromatic carbocycles. The maximum Gasteiger partial charge on any atom is 0.00581 e. The zero-order valence-electron chi connectivity index (χ0n) is 8.10. The van der Waals surface area contributed by atoms with Crippen molar-refractivity contribution < 1.29 is 0 Å². The van der Waals surface area contributed by atoms with Crippen molar-refractivity contribution in [3.8, 4) is 0 Å². The largest absolute Gasteiger partial charge is 0.126 e. The first-order valence-corrected chi connectivity index (χ1v) is 5.82. The second kappa shape index (κ2) is 5.47. The average molecular weight is 182 g/mol. The van der Waals surface area contributed by atoms with E-state index in [0.29, 0.717) is 0 Å². The predicted molar refractivity (Wildman–Crippen MR) is 58.4 cm³/mol. The zero-order chi connectivity index (χ0) is 8.81. The molecule has 0 aromatic rings. The topological polar surface area (TPSA) is 0 Å². The zero-order valence-corrected chi connectivity index (χ0v) is 8.91. The quantitative estimate of drug-likeness (QED) is 0.589. The second-order valence-corrected chi connectivity index (χ2v) is 4.42. The van der Waals surface area contributed by atoms with Crippen LogP contribution >= 0.6 is 11.8 Å². The van der Waals surface area contributed by atoms with E-state index in [1.165, 1.54) is 36.3 Å². The van der Waals surface area contributed by atoms with Crippen LogP contribution in [0.1, 0.15) is 39.5 Å². The second-order valence-electron chi connectivity index (χ2n) is 3.29. The summed E-state index contributed by atoms with van der Waals surface area (Å²) in [5, 5.41) is 0. The van der Waals surface area contributed by atoms with Crippen LogP contribution in [0, 0.1) is 0 Å². The molecule has 1 rings (SSSR count). The van der Waals surface area contributed by atoms with E-state index in [1.807, 2.05) is 11.8 Å². The normalized spacial score (nSPS) is 17.2. The molecule has 68 valence electrons. The van der Waals surface area contributed by atoms with Crippen LogP contribution in [-0.2, 0) is 0 Å². The van der Waals surface area contributed by atoms with Crippen LogP contribution in [0.15, 0.2) is 22.6 Å². The fourth-order valence-electron chi connectivity index (χ4n) is 1.25. The minimum absolute atomic E-state index is 1.24. The number of hydrogen-bond donors (Lipinski definition) is 0. The van der Waals surface area contributed by atoms with Gasteiger partial charge in [-0.25, -0.2) is 0 Å². The SMILES string of the molecule is CCCCSC1=C(C)CCC=C1. The van der Waals surface area contributed by atoms with E-state index < -0.39 is 0 Å². The minimum Gasteiger partial charge on any atom is -0.126 e. The van der Waals surface area contributed by atoms with Gasteiger partial charge in [-0.15, -0.1) is 11.8 Å². The summed E-state index contributed by atoms with van der Waals surface area (Å²) in [6.07, 6.45) is 9.74. The van der Waals surface area contributed by atoms with Gasteiger partial charge in [0.2, 0.25) is 0 Å². The number of hydrogen-bond acceptors (Lipinski definition) is 1. The Morgan fingerprint density at radius 1 is 1.50 bits per heavy atom. The Morgan fingerprint density at radius 3 is 3.00 bits per heavy atom. The highest BCUT2D eigenvalue weighted by Gasteiger charge is 2.03. The molecule has 12 heavy (non-hydrogen) atoms. The summed E-state index contributed by atoms with van der Waals surface area (Å²) < 4.78 is 0. The highest BCUT2D eigenvalue weighted by Crippen LogP contribution is 2.28. The van der Waals surface area contributed by atoms with Crippen molar-refractivity contribution in [2.75, 3.05) is 5.75 Å². The fraction of sp³-hybridized carbons (Fsp3) is 0.636. The highest BCUT2D eigenvalue weighted by atomic mass is 32.2. The van der Waals surface area contributed by atoms with Gasteiger partial charge in [-0.3, -0.25) is 0 Å². The van der Waals surface area contributed by atoms with E-state index in [9.17, 15) is 0 Å². The molecule has 1 aliphatic carbocycles. The van der Waals surface area contributed by atoms with Gasteiger partial charge in [0, 0.05) is 4.91 Å². The van der Waals surface area contributed by atoms with E-state index in [0.717, 1.165) is 0 Å². The van der Waals surface area contributed by atoms with Gasteiger partial charge in [0.1, 0.15) is 0 Å². The number of unbranched alkanes of at least 4 members (excludes halogenated alkanes) is 1. The molecule has 0 atom stereocenters. The monoisotopic (exact) mass is 182 g/mol. The first-order valence-electron chi connectivity index (χ1n) is 4.83. The molecule has 1 heteroatoms.